The van der Waals surface area contributed by atoms with Crippen LogP contribution < -0.4 is 0 Å². The second-order valence-corrected chi connectivity index (χ2v) is 8.19. The van der Waals surface area contributed by atoms with Gasteiger partial charge in [0.1, 0.15) is 0 Å². The van der Waals surface area contributed by atoms with E-state index in [4.69, 9.17) is 0 Å². The van der Waals surface area contributed by atoms with Gasteiger partial charge in [0.15, 0.2) is 24.3 Å². The van der Waals surface area contributed by atoms with Crippen molar-refractivity contribution in [3.05, 3.63) is 30.3 Å². The van der Waals surface area contributed by atoms with Gasteiger partial charge in [0.05, 0.1) is 4.90 Å². The first-order valence-corrected chi connectivity index (χ1v) is 7.74. The second-order valence-electron chi connectivity index (χ2n) is 3.26. The minimum absolute atomic E-state index is 0.0305. The van der Waals surface area contributed by atoms with Crippen molar-refractivity contribution in [3.8, 4) is 0 Å². The molecule has 0 spiro atoms. The molecule has 1 aromatic rings. The Morgan fingerprint density at radius 1 is 1.00 bits per heavy atom. The molecule has 15 heavy (non-hydrogen) atoms. The number of benzene rings is 1. The van der Waals surface area contributed by atoms with Crippen molar-refractivity contribution < 1.29 is 16.8 Å². The second kappa shape index (κ2) is 3.94. The Bertz CT molecular complexity index is 529. The number of hydrogen-bond donors (Lipinski definition) is 0. The summed E-state index contributed by atoms with van der Waals surface area (Å²) < 4.78 is 44.5. The molecule has 0 N–H and O–H groups in total. The van der Waals surface area contributed by atoms with E-state index in [1.165, 1.54) is 19.1 Å². The Labute approximate surface area is 89.8 Å². The lowest BCUT2D eigenvalue weighted by molar-refractivity contribution is 0.581. The van der Waals surface area contributed by atoms with Gasteiger partial charge in [0.25, 0.3) is 0 Å². The summed E-state index contributed by atoms with van der Waals surface area (Å²) in [4.78, 5) is 0.0305. The monoisotopic (exact) mass is 248 g/mol. The van der Waals surface area contributed by atoms with E-state index in [-0.39, 0.29) is 4.90 Å². The van der Waals surface area contributed by atoms with Gasteiger partial charge in [-0.1, -0.05) is 18.2 Å². The molecule has 0 radical (unpaired) electrons. The van der Waals surface area contributed by atoms with E-state index in [1.54, 1.807) is 18.2 Å². The van der Waals surface area contributed by atoms with Crippen LogP contribution in [0.4, 0.5) is 0 Å². The van der Waals surface area contributed by atoms with Crippen molar-refractivity contribution >= 4 is 19.7 Å². The third kappa shape index (κ3) is 2.57. The molecule has 4 nitrogen and oxygen atoms in total. The fourth-order valence-electron chi connectivity index (χ4n) is 1.03. The van der Waals surface area contributed by atoms with Crippen molar-refractivity contribution in [1.29, 1.82) is 0 Å². The highest BCUT2D eigenvalue weighted by atomic mass is 32.3. The largest absolute Gasteiger partial charge is 0.228 e. The van der Waals surface area contributed by atoms with Crippen LogP contribution in [-0.4, -0.2) is 27.7 Å². The van der Waals surface area contributed by atoms with Gasteiger partial charge in [-0.15, -0.1) is 0 Å². The first kappa shape index (κ1) is 12.2. The summed E-state index contributed by atoms with van der Waals surface area (Å²) in [5, 5.41) is 0. The zero-order valence-electron chi connectivity index (χ0n) is 8.41. The average molecular weight is 248 g/mol. The standard InChI is InChI=1S/C9H12O4S2/c1-8(14(2,10)11)15(12,13)9-6-4-3-5-7-9/h3-8H,1-2H3. The van der Waals surface area contributed by atoms with Gasteiger partial charge in [0.2, 0.25) is 0 Å². The highest BCUT2D eigenvalue weighted by Crippen LogP contribution is 2.18. The zero-order chi connectivity index (χ0) is 11.7. The zero-order valence-corrected chi connectivity index (χ0v) is 10.0. The quantitative estimate of drug-likeness (QED) is 0.795. The minimum Gasteiger partial charge on any atom is -0.228 e. The molecule has 0 saturated carbocycles. The molecule has 84 valence electrons. The Hall–Kier alpha value is -0.880. The van der Waals surface area contributed by atoms with Gasteiger partial charge in [0, 0.05) is 6.26 Å². The van der Waals surface area contributed by atoms with E-state index < -0.39 is 24.3 Å². The van der Waals surface area contributed by atoms with Crippen LogP contribution >= 0.6 is 0 Å². The van der Waals surface area contributed by atoms with Gasteiger partial charge in [-0.25, -0.2) is 16.8 Å². The topological polar surface area (TPSA) is 68.3 Å². The van der Waals surface area contributed by atoms with E-state index in [2.05, 4.69) is 0 Å². The average Bonchev–Trinajstić information content (AvgIpc) is 2.16. The summed E-state index contributed by atoms with van der Waals surface area (Å²) in [6.45, 7) is 1.18. The lowest BCUT2D eigenvalue weighted by Gasteiger charge is -2.10. The lowest BCUT2D eigenvalue weighted by Crippen LogP contribution is -2.26. The molecule has 0 amide bonds. The fraction of sp³-hybridized carbons (Fsp3) is 0.333. The summed E-state index contributed by atoms with van der Waals surface area (Å²) in [5.41, 5.74) is 0. The molecular formula is C9H12O4S2. The maximum absolute atomic E-state index is 11.8. The molecule has 0 aliphatic heterocycles. The molecule has 0 aliphatic rings. The fourth-order valence-corrected chi connectivity index (χ4v) is 4.13. The minimum atomic E-state index is -3.78. The predicted octanol–water partition coefficient (Wildman–Crippen LogP) is 0.851. The first-order chi connectivity index (χ1) is 6.76. The molecule has 0 aliphatic carbocycles. The van der Waals surface area contributed by atoms with Crippen LogP contribution in [0.25, 0.3) is 0 Å². The van der Waals surface area contributed by atoms with Gasteiger partial charge in [-0.05, 0) is 19.1 Å². The van der Waals surface area contributed by atoms with Gasteiger partial charge < -0.3 is 0 Å². The highest BCUT2D eigenvalue weighted by molar-refractivity contribution is 8.08. The maximum Gasteiger partial charge on any atom is 0.195 e. The molecule has 0 bridgehead atoms. The van der Waals surface area contributed by atoms with Crippen LogP contribution in [0.15, 0.2) is 35.2 Å². The summed E-state index contributed by atoms with van der Waals surface area (Å²) in [6, 6.07) is 7.56. The highest BCUT2D eigenvalue weighted by Gasteiger charge is 2.31. The predicted molar refractivity (Wildman–Crippen MR) is 57.9 cm³/mol. The van der Waals surface area contributed by atoms with Gasteiger partial charge >= 0.3 is 0 Å². The summed E-state index contributed by atoms with van der Waals surface area (Å²) in [7, 11) is -7.38. The molecule has 1 atom stereocenters. The number of hydrogen-bond acceptors (Lipinski definition) is 4. The smallest absolute Gasteiger partial charge is 0.195 e. The molecule has 0 fully saturated rings. The number of sulfone groups is 2. The molecule has 0 heterocycles. The van der Waals surface area contributed by atoms with E-state index in [9.17, 15) is 16.8 Å². The van der Waals surface area contributed by atoms with Crippen molar-refractivity contribution in [2.24, 2.45) is 0 Å². The van der Waals surface area contributed by atoms with Crippen LogP contribution in [-0.2, 0) is 19.7 Å². The van der Waals surface area contributed by atoms with Crippen LogP contribution in [0.1, 0.15) is 6.92 Å². The van der Waals surface area contributed by atoms with E-state index >= 15 is 0 Å². The van der Waals surface area contributed by atoms with Crippen molar-refractivity contribution in [2.45, 2.75) is 16.4 Å². The van der Waals surface area contributed by atoms with E-state index in [1.807, 2.05) is 0 Å². The molecule has 0 aromatic heterocycles. The molecule has 0 saturated heterocycles. The SMILES string of the molecule is CC(S(C)(=O)=O)S(=O)(=O)c1ccccc1. The third-order valence-corrected chi connectivity index (χ3v) is 6.93. The normalized spacial score (nSPS) is 14.8. The van der Waals surface area contributed by atoms with Crippen LogP contribution in [0.5, 0.6) is 0 Å². The Kier molecular flexibility index (Phi) is 3.20. The maximum atomic E-state index is 11.8. The summed E-state index contributed by atoms with van der Waals surface area (Å²) >= 11 is 0. The number of rotatable bonds is 3. The molecular weight excluding hydrogens is 236 g/mol. The summed E-state index contributed by atoms with van der Waals surface area (Å²) in [5.74, 6) is 0. The van der Waals surface area contributed by atoms with Gasteiger partial charge in [-0.2, -0.15) is 0 Å². The van der Waals surface area contributed by atoms with Gasteiger partial charge in [-0.3, -0.25) is 0 Å². The molecule has 1 aromatic carbocycles. The van der Waals surface area contributed by atoms with Crippen molar-refractivity contribution in [1.82, 2.24) is 0 Å². The Morgan fingerprint density at radius 3 is 1.87 bits per heavy atom. The third-order valence-electron chi connectivity index (χ3n) is 2.11. The van der Waals surface area contributed by atoms with E-state index in [0.717, 1.165) is 6.26 Å². The first-order valence-electron chi connectivity index (χ1n) is 4.24. The molecule has 1 rings (SSSR count). The molecule has 6 heteroatoms. The Morgan fingerprint density at radius 2 is 1.47 bits per heavy atom. The summed E-state index contributed by atoms with van der Waals surface area (Å²) in [6.07, 6.45) is 0.915. The van der Waals surface area contributed by atoms with E-state index in [0.29, 0.717) is 0 Å². The molecule has 1 unspecified atom stereocenters. The van der Waals surface area contributed by atoms with Crippen LogP contribution in [0, 0.1) is 0 Å². The van der Waals surface area contributed by atoms with Crippen molar-refractivity contribution in [3.63, 3.8) is 0 Å². The van der Waals surface area contributed by atoms with Crippen LogP contribution in [0.3, 0.4) is 0 Å². The van der Waals surface area contributed by atoms with Crippen LogP contribution in [0.2, 0.25) is 0 Å². The Balaban J connectivity index is 3.28. The van der Waals surface area contributed by atoms with Crippen molar-refractivity contribution in [2.75, 3.05) is 6.26 Å². The lowest BCUT2D eigenvalue weighted by atomic mass is 10.4.